The number of methoxy groups -OCH3 is 1. The molecule has 220 valence electrons. The molecule has 1 saturated heterocycles. The van der Waals surface area contributed by atoms with Crippen LogP contribution in [0.25, 0.3) is 21.6 Å². The number of esters is 1. The molecule has 0 bridgehead atoms. The number of nitrogen functional groups attached to an aromatic ring is 1. The first-order valence-electron chi connectivity index (χ1n) is 12.4. The Kier molecular flexibility index (Phi) is 8.97. The van der Waals surface area contributed by atoms with Crippen LogP contribution in [0.1, 0.15) is 27.0 Å². The van der Waals surface area contributed by atoms with E-state index in [2.05, 4.69) is 30.1 Å². The molecule has 41 heavy (non-hydrogen) atoms. The minimum Gasteiger partial charge on any atom is -0.476 e. The summed E-state index contributed by atoms with van der Waals surface area (Å²) in [6.45, 7) is 4.44. The third-order valence-electron chi connectivity index (χ3n) is 6.24. The summed E-state index contributed by atoms with van der Waals surface area (Å²) in [5.41, 5.74) is 14.1. The molecule has 1 aliphatic rings. The van der Waals surface area contributed by atoms with Crippen molar-refractivity contribution in [2.75, 3.05) is 26.1 Å². The Morgan fingerprint density at radius 2 is 2.12 bits per heavy atom. The quantitative estimate of drug-likeness (QED) is 0.0904. The molecule has 18 heteroatoms. The average molecular weight is 592 g/mol. The van der Waals surface area contributed by atoms with E-state index in [4.69, 9.17) is 29.0 Å². The van der Waals surface area contributed by atoms with E-state index in [1.807, 2.05) is 0 Å². The van der Waals surface area contributed by atoms with E-state index in [1.54, 1.807) is 37.3 Å². The number of carbonyl (C=O) groups is 1. The van der Waals surface area contributed by atoms with Crippen LogP contribution in [0.2, 0.25) is 0 Å². The lowest BCUT2D eigenvalue weighted by Gasteiger charge is -2.28. The Hall–Kier alpha value is -3.98. The fourth-order valence-electron chi connectivity index (χ4n) is 4.25. The predicted octanol–water partition coefficient (Wildman–Crippen LogP) is 2.49. The molecule has 0 saturated carbocycles. The summed E-state index contributed by atoms with van der Waals surface area (Å²) in [6, 6.07) is 7.07. The fourth-order valence-corrected chi connectivity index (χ4v) is 5.75. The molecule has 0 aliphatic carbocycles. The van der Waals surface area contributed by atoms with Crippen molar-refractivity contribution in [2.45, 2.75) is 50.8 Å². The van der Waals surface area contributed by atoms with Crippen LogP contribution in [-0.4, -0.2) is 74.7 Å². The number of imidazole rings is 1. The topological polar surface area (TPSA) is 231 Å². The maximum Gasteiger partial charge on any atom is 0.459 e. The summed E-state index contributed by atoms with van der Waals surface area (Å²) in [5, 5.41) is 17.6. The van der Waals surface area contributed by atoms with Gasteiger partial charge in [-0.1, -0.05) is 23.3 Å². The van der Waals surface area contributed by atoms with Gasteiger partial charge in [-0.05, 0) is 38.4 Å². The highest BCUT2D eigenvalue weighted by atomic mass is 31.2. The van der Waals surface area contributed by atoms with Crippen LogP contribution < -0.4 is 20.1 Å². The van der Waals surface area contributed by atoms with Gasteiger partial charge in [-0.15, -0.1) is 0 Å². The molecule has 0 amide bonds. The van der Waals surface area contributed by atoms with Gasteiger partial charge in [0, 0.05) is 4.91 Å². The minimum absolute atomic E-state index is 0.101. The molecule has 1 fully saturated rings. The highest BCUT2D eigenvalue weighted by Gasteiger charge is 2.55. The second-order valence-electron chi connectivity index (χ2n) is 9.10. The van der Waals surface area contributed by atoms with Gasteiger partial charge >= 0.3 is 13.7 Å². The molecule has 3 aromatic rings. The maximum absolute atomic E-state index is 13.7. The van der Waals surface area contributed by atoms with E-state index in [-0.39, 0.29) is 28.7 Å². The number of aliphatic hydroxyl groups is 1. The zero-order chi connectivity index (χ0) is 29.8. The van der Waals surface area contributed by atoms with Gasteiger partial charge in [0.1, 0.15) is 23.4 Å². The number of azide groups is 1. The average Bonchev–Trinajstić information content (AvgIpc) is 3.46. The highest BCUT2D eigenvalue weighted by molar-refractivity contribution is 7.52. The molecule has 1 aromatic carbocycles. The summed E-state index contributed by atoms with van der Waals surface area (Å²) in [6.07, 6.45) is -2.46. The fraction of sp³-hybridized carbons (Fsp3) is 0.478. The molecule has 0 spiro atoms. The van der Waals surface area contributed by atoms with Crippen molar-refractivity contribution >= 4 is 30.8 Å². The molecule has 3 heterocycles. The number of hydrogen-bond acceptors (Lipinski definition) is 13. The van der Waals surface area contributed by atoms with Crippen molar-refractivity contribution in [2.24, 2.45) is 5.11 Å². The third-order valence-corrected chi connectivity index (χ3v) is 7.88. The normalized spacial score (nSPS) is 24.3. The number of nitrogens with one attached hydrogen (secondary N) is 1. The number of rotatable bonds is 12. The van der Waals surface area contributed by atoms with E-state index in [0.29, 0.717) is 6.61 Å². The predicted molar refractivity (Wildman–Crippen MR) is 144 cm³/mol. The summed E-state index contributed by atoms with van der Waals surface area (Å²) in [7, 11) is -3.08. The van der Waals surface area contributed by atoms with Gasteiger partial charge in [0.05, 0.1) is 32.8 Å². The SMILES string of the molecule is CCOc1nc(N)nc2c1ncn2[C@@H]1O[C@H](CO[P@@](=O)(N[C@@H](C)C(=O)OC)Oc2ccccc2)[C@@H](O)[C@@]1(C)N=[N+]=[N-]. The van der Waals surface area contributed by atoms with Crippen molar-refractivity contribution in [3.05, 3.63) is 47.1 Å². The summed E-state index contributed by atoms with van der Waals surface area (Å²) in [4.78, 5) is 27.5. The number of hydrogen-bond donors (Lipinski definition) is 3. The zero-order valence-corrected chi connectivity index (χ0v) is 23.5. The van der Waals surface area contributed by atoms with Crippen molar-refractivity contribution < 1.29 is 37.7 Å². The van der Waals surface area contributed by atoms with E-state index < -0.39 is 50.3 Å². The number of anilines is 1. The number of nitrogens with two attached hydrogens (primary N) is 1. The Balaban J connectivity index is 1.64. The number of carbonyl (C=O) groups excluding carboxylic acids is 1. The lowest BCUT2D eigenvalue weighted by atomic mass is 9.93. The molecule has 4 rings (SSSR count). The number of benzene rings is 1. The molecular weight excluding hydrogens is 561 g/mol. The largest absolute Gasteiger partial charge is 0.476 e. The van der Waals surface area contributed by atoms with Crippen molar-refractivity contribution in [3.8, 4) is 11.6 Å². The second kappa shape index (κ2) is 12.3. The smallest absolute Gasteiger partial charge is 0.459 e. The molecule has 0 radical (unpaired) electrons. The lowest BCUT2D eigenvalue weighted by Crippen LogP contribution is -2.43. The molecule has 2 aromatic heterocycles. The van der Waals surface area contributed by atoms with Gasteiger partial charge in [0.2, 0.25) is 11.8 Å². The van der Waals surface area contributed by atoms with Crippen LogP contribution in [0.4, 0.5) is 5.95 Å². The van der Waals surface area contributed by atoms with E-state index in [1.165, 1.54) is 31.9 Å². The Bertz CT molecular complexity index is 1480. The van der Waals surface area contributed by atoms with Gasteiger partial charge in [-0.3, -0.25) is 13.9 Å². The first kappa shape index (κ1) is 30.0. The second-order valence-corrected chi connectivity index (χ2v) is 10.8. The Morgan fingerprint density at radius 3 is 2.78 bits per heavy atom. The molecule has 4 N–H and O–H groups in total. The van der Waals surface area contributed by atoms with Gasteiger partial charge in [0.15, 0.2) is 17.4 Å². The van der Waals surface area contributed by atoms with Crippen molar-refractivity contribution in [1.82, 2.24) is 24.6 Å². The monoisotopic (exact) mass is 591 g/mol. The lowest BCUT2D eigenvalue weighted by molar-refractivity contribution is -0.142. The van der Waals surface area contributed by atoms with Crippen LogP contribution in [0.5, 0.6) is 11.6 Å². The maximum atomic E-state index is 13.7. The third kappa shape index (κ3) is 6.20. The summed E-state index contributed by atoms with van der Waals surface area (Å²) >= 11 is 0. The van der Waals surface area contributed by atoms with Crippen molar-refractivity contribution in [1.29, 1.82) is 0 Å². The van der Waals surface area contributed by atoms with E-state index >= 15 is 0 Å². The summed E-state index contributed by atoms with van der Waals surface area (Å²) < 4.78 is 42.7. The molecule has 17 nitrogen and oxygen atoms in total. The van der Waals surface area contributed by atoms with Gasteiger partial charge < -0.3 is 29.6 Å². The number of para-hydroxylation sites is 1. The number of aliphatic hydroxyl groups excluding tert-OH is 1. The van der Waals surface area contributed by atoms with Crippen LogP contribution in [0.3, 0.4) is 0 Å². The molecule has 6 atom stereocenters. The zero-order valence-electron chi connectivity index (χ0n) is 22.6. The Labute approximate surface area is 234 Å². The number of aromatic nitrogens is 4. The Morgan fingerprint density at radius 1 is 1.39 bits per heavy atom. The standard InChI is InChI=1S/C23H30N9O8P/c1-5-37-19-16-18(27-22(24)28-19)32(12-26-16)21-23(3,30-31-25)17(33)15(39-21)11-38-41(35,29-13(2)20(34)36-4)40-14-9-7-6-8-10-14/h6-10,12-13,15,17,21,33H,5,11H2,1-4H3,(H,29,35)(H2,24,27,28)/t13-,15+,17+,21+,23+,41-/m0/s1. The molecule has 0 unspecified atom stereocenters. The van der Waals surface area contributed by atoms with Crippen LogP contribution in [0, 0.1) is 0 Å². The first-order chi connectivity index (χ1) is 19.5. The van der Waals surface area contributed by atoms with E-state index in [0.717, 1.165) is 0 Å². The van der Waals surface area contributed by atoms with Crippen molar-refractivity contribution in [3.63, 3.8) is 0 Å². The van der Waals surface area contributed by atoms with E-state index in [9.17, 15) is 20.0 Å². The number of ether oxygens (including phenoxy) is 3. The van der Waals surface area contributed by atoms with Gasteiger partial charge in [0.25, 0.3) is 0 Å². The molecule has 1 aliphatic heterocycles. The van der Waals surface area contributed by atoms with Crippen LogP contribution >= 0.6 is 7.75 Å². The highest BCUT2D eigenvalue weighted by Crippen LogP contribution is 2.48. The van der Waals surface area contributed by atoms with Gasteiger partial charge in [-0.2, -0.15) is 15.1 Å². The number of nitrogens with zero attached hydrogens (tertiary/aromatic N) is 7. The summed E-state index contributed by atoms with van der Waals surface area (Å²) in [5.74, 6) is -0.477. The molecular formula is C23H30N9O8P. The first-order valence-corrected chi connectivity index (χ1v) is 14.0. The van der Waals surface area contributed by atoms with Crippen LogP contribution in [-0.2, 0) is 23.4 Å². The number of fused-ring (bicyclic) bond motifs is 1. The minimum atomic E-state index is -4.26. The van der Waals surface area contributed by atoms with Crippen LogP contribution in [0.15, 0.2) is 41.8 Å². The van der Waals surface area contributed by atoms with Gasteiger partial charge in [-0.25, -0.2) is 9.55 Å².